The molecule has 25 heavy (non-hydrogen) atoms. The maximum Gasteiger partial charge on any atom is 0.406 e. The van der Waals surface area contributed by atoms with E-state index in [-0.39, 0.29) is 31.3 Å². The minimum atomic E-state index is -4.45. The molecule has 0 aromatic carbocycles. The molecular formula is C17H21F3N2O3. The maximum absolute atomic E-state index is 12.9. The predicted molar refractivity (Wildman–Crippen MR) is 82.2 cm³/mol. The van der Waals surface area contributed by atoms with Crippen LogP contribution >= 0.6 is 0 Å². The average molecular weight is 358 g/mol. The van der Waals surface area contributed by atoms with Crippen molar-refractivity contribution in [2.45, 2.75) is 44.9 Å². The summed E-state index contributed by atoms with van der Waals surface area (Å²) in [6.45, 7) is 0.766. The Kier molecular flexibility index (Phi) is 4.79. The lowest BCUT2D eigenvalue weighted by Crippen LogP contribution is -2.48. The Morgan fingerprint density at radius 2 is 2.16 bits per heavy atom. The van der Waals surface area contributed by atoms with Crippen LogP contribution in [0.4, 0.5) is 13.2 Å². The second-order valence-corrected chi connectivity index (χ2v) is 6.91. The lowest BCUT2D eigenvalue weighted by atomic mass is 10.0. The number of hydrogen-bond acceptors (Lipinski definition) is 3. The van der Waals surface area contributed by atoms with Gasteiger partial charge in [0.2, 0.25) is 11.8 Å². The molecule has 2 fully saturated rings. The van der Waals surface area contributed by atoms with Gasteiger partial charge in [0.1, 0.15) is 12.3 Å². The van der Waals surface area contributed by atoms with E-state index >= 15 is 0 Å². The molecule has 5 nitrogen and oxygen atoms in total. The van der Waals surface area contributed by atoms with Crippen LogP contribution in [0.5, 0.6) is 0 Å². The van der Waals surface area contributed by atoms with Crippen LogP contribution in [0, 0.1) is 11.8 Å². The number of amides is 2. The van der Waals surface area contributed by atoms with Gasteiger partial charge >= 0.3 is 6.18 Å². The second-order valence-electron chi connectivity index (χ2n) is 6.91. The molecule has 2 atom stereocenters. The number of nitrogens with zero attached hydrogens (tertiary/aromatic N) is 2. The summed E-state index contributed by atoms with van der Waals surface area (Å²) < 4.78 is 43.9. The number of carbonyl (C=O) groups excluding carboxylic acids is 2. The number of furan rings is 1. The summed E-state index contributed by atoms with van der Waals surface area (Å²) in [5, 5.41) is 0. The monoisotopic (exact) mass is 358 g/mol. The molecule has 0 unspecified atom stereocenters. The Hall–Kier alpha value is -1.99. The molecule has 138 valence electrons. The zero-order chi connectivity index (χ0) is 18.2. The highest BCUT2D eigenvalue weighted by Gasteiger charge is 2.44. The lowest BCUT2D eigenvalue weighted by Gasteiger charge is -2.32. The molecule has 1 aromatic rings. The van der Waals surface area contributed by atoms with Gasteiger partial charge in [-0.2, -0.15) is 13.2 Å². The van der Waals surface area contributed by atoms with Crippen molar-refractivity contribution in [2.75, 3.05) is 13.1 Å². The summed E-state index contributed by atoms with van der Waals surface area (Å²) in [4.78, 5) is 27.2. The third-order valence-corrected chi connectivity index (χ3v) is 4.92. The van der Waals surface area contributed by atoms with Crippen molar-refractivity contribution in [1.29, 1.82) is 0 Å². The molecule has 1 aromatic heterocycles. The number of alkyl halides is 3. The van der Waals surface area contributed by atoms with Crippen molar-refractivity contribution >= 4 is 11.8 Å². The van der Waals surface area contributed by atoms with Gasteiger partial charge in [-0.3, -0.25) is 9.59 Å². The minimum Gasteiger partial charge on any atom is -0.467 e. The van der Waals surface area contributed by atoms with Crippen LogP contribution in [-0.4, -0.2) is 46.9 Å². The Labute approximate surface area is 143 Å². The molecule has 2 aliphatic rings. The van der Waals surface area contributed by atoms with Crippen LogP contribution in [0.2, 0.25) is 0 Å². The van der Waals surface area contributed by atoms with Gasteiger partial charge in [0.25, 0.3) is 0 Å². The van der Waals surface area contributed by atoms with Crippen LogP contribution in [0.25, 0.3) is 0 Å². The number of likely N-dealkylation sites (tertiary alicyclic amines) is 1. The van der Waals surface area contributed by atoms with E-state index in [4.69, 9.17) is 4.42 Å². The van der Waals surface area contributed by atoms with E-state index in [9.17, 15) is 22.8 Å². The normalized spacial score (nSPS) is 22.3. The molecule has 0 radical (unpaired) electrons. The van der Waals surface area contributed by atoms with Crippen LogP contribution in [0.1, 0.15) is 31.9 Å². The Morgan fingerprint density at radius 1 is 1.44 bits per heavy atom. The summed E-state index contributed by atoms with van der Waals surface area (Å²) in [6.07, 6.45) is -1.32. The molecule has 0 N–H and O–H groups in total. The van der Waals surface area contributed by atoms with Crippen LogP contribution in [0.15, 0.2) is 22.8 Å². The molecule has 2 amide bonds. The first-order valence-electron chi connectivity index (χ1n) is 8.42. The largest absolute Gasteiger partial charge is 0.467 e. The highest BCUT2D eigenvalue weighted by atomic mass is 19.4. The van der Waals surface area contributed by atoms with E-state index in [0.717, 1.165) is 17.7 Å². The number of hydrogen-bond donors (Lipinski definition) is 0. The van der Waals surface area contributed by atoms with E-state index in [0.29, 0.717) is 5.76 Å². The Balaban J connectivity index is 1.68. The van der Waals surface area contributed by atoms with E-state index in [1.807, 2.05) is 0 Å². The molecule has 1 saturated heterocycles. The van der Waals surface area contributed by atoms with Crippen LogP contribution in [0.3, 0.4) is 0 Å². The summed E-state index contributed by atoms with van der Waals surface area (Å²) >= 11 is 0. The van der Waals surface area contributed by atoms with E-state index < -0.39 is 30.6 Å². The summed E-state index contributed by atoms with van der Waals surface area (Å²) in [5.41, 5.74) is 0. The zero-order valence-corrected chi connectivity index (χ0v) is 14.0. The molecule has 0 spiro atoms. The third-order valence-electron chi connectivity index (χ3n) is 4.92. The highest BCUT2D eigenvalue weighted by Crippen LogP contribution is 2.37. The summed E-state index contributed by atoms with van der Waals surface area (Å²) in [7, 11) is 0. The summed E-state index contributed by atoms with van der Waals surface area (Å²) in [6, 6.07) is 2.96. The zero-order valence-electron chi connectivity index (χ0n) is 14.0. The van der Waals surface area contributed by atoms with Crippen molar-refractivity contribution in [2.24, 2.45) is 11.8 Å². The van der Waals surface area contributed by atoms with Crippen molar-refractivity contribution in [3.8, 4) is 0 Å². The summed E-state index contributed by atoms with van der Waals surface area (Å²) in [5.74, 6) is -0.832. The molecule has 8 heteroatoms. The van der Waals surface area contributed by atoms with Crippen LogP contribution in [-0.2, 0) is 16.1 Å². The van der Waals surface area contributed by atoms with Gasteiger partial charge in [0, 0.05) is 19.0 Å². The van der Waals surface area contributed by atoms with Crippen LogP contribution < -0.4 is 0 Å². The minimum absolute atomic E-state index is 0.0503. The SMILES string of the molecule is C[C@@H](C1CC1)N(CC(F)(F)F)C(=O)[C@H]1CC(=O)N(Cc2ccco2)C1. The van der Waals surface area contributed by atoms with Gasteiger partial charge in [0.05, 0.1) is 18.7 Å². The van der Waals surface area contributed by atoms with E-state index in [1.165, 1.54) is 11.2 Å². The number of rotatable bonds is 6. The first-order chi connectivity index (χ1) is 11.7. The number of carbonyl (C=O) groups is 2. The van der Waals surface area contributed by atoms with Crippen molar-refractivity contribution in [3.63, 3.8) is 0 Å². The Bertz CT molecular complexity index is 626. The average Bonchev–Trinajstić information content (AvgIpc) is 3.14. The standard InChI is InChI=1S/C17H21F3N2O3/c1-11(12-4-5-12)22(10-17(18,19)20)16(24)13-7-15(23)21(8-13)9-14-3-2-6-25-14/h2-3,6,11-13H,4-5,7-10H2,1H3/t11-,13-/m0/s1. The molecule has 1 aliphatic heterocycles. The molecule has 1 aliphatic carbocycles. The van der Waals surface area contributed by atoms with E-state index in [2.05, 4.69) is 0 Å². The van der Waals surface area contributed by atoms with Gasteiger partial charge in [0.15, 0.2) is 0 Å². The van der Waals surface area contributed by atoms with Gasteiger partial charge in [-0.05, 0) is 37.8 Å². The van der Waals surface area contributed by atoms with Crippen molar-refractivity contribution in [1.82, 2.24) is 9.80 Å². The van der Waals surface area contributed by atoms with Crippen molar-refractivity contribution < 1.29 is 27.2 Å². The smallest absolute Gasteiger partial charge is 0.406 e. The molecular weight excluding hydrogens is 337 g/mol. The molecule has 3 rings (SSSR count). The third kappa shape index (κ3) is 4.35. The molecule has 2 heterocycles. The second kappa shape index (κ2) is 6.72. The van der Waals surface area contributed by atoms with Gasteiger partial charge in [-0.15, -0.1) is 0 Å². The molecule has 0 bridgehead atoms. The lowest BCUT2D eigenvalue weighted by molar-refractivity contribution is -0.168. The first-order valence-corrected chi connectivity index (χ1v) is 8.42. The van der Waals surface area contributed by atoms with Gasteiger partial charge in [-0.1, -0.05) is 0 Å². The fraction of sp³-hybridized carbons (Fsp3) is 0.647. The molecule has 1 saturated carbocycles. The highest BCUT2D eigenvalue weighted by molar-refractivity contribution is 5.89. The quantitative estimate of drug-likeness (QED) is 0.786. The Morgan fingerprint density at radius 3 is 2.72 bits per heavy atom. The fourth-order valence-corrected chi connectivity index (χ4v) is 3.36. The number of halogens is 3. The first kappa shape index (κ1) is 17.8. The fourth-order valence-electron chi connectivity index (χ4n) is 3.36. The van der Waals surface area contributed by atoms with E-state index in [1.54, 1.807) is 19.1 Å². The predicted octanol–water partition coefficient (Wildman–Crippen LogP) is 2.82. The maximum atomic E-state index is 12.9. The van der Waals surface area contributed by atoms with Crippen molar-refractivity contribution in [3.05, 3.63) is 24.2 Å². The van der Waals surface area contributed by atoms with Gasteiger partial charge < -0.3 is 14.2 Å². The van der Waals surface area contributed by atoms with Gasteiger partial charge in [-0.25, -0.2) is 0 Å². The topological polar surface area (TPSA) is 53.8 Å².